The average molecular weight is 277 g/mol. The van der Waals surface area contributed by atoms with Crippen LogP contribution in [0.4, 0.5) is 5.82 Å². The molecule has 0 bridgehead atoms. The lowest BCUT2D eigenvalue weighted by atomic mass is 10.3. The number of hydrogen-bond donors (Lipinski definition) is 1. The molecule has 0 atom stereocenters. The highest BCUT2D eigenvalue weighted by atomic mass is 15.3. The minimum atomic E-state index is 0.810. The molecule has 0 amide bonds. The normalized spacial score (nSPS) is 16.6. The molecule has 0 unspecified atom stereocenters. The largest absolute Gasteiger partial charge is 0.353 e. The van der Waals surface area contributed by atoms with E-state index in [9.17, 15) is 0 Å². The van der Waals surface area contributed by atoms with Crippen LogP contribution < -0.4 is 10.2 Å². The van der Waals surface area contributed by atoms with Gasteiger partial charge in [0, 0.05) is 38.9 Å². The van der Waals surface area contributed by atoms with Crippen molar-refractivity contribution in [3.05, 3.63) is 18.1 Å². The second-order valence-corrected chi connectivity index (χ2v) is 5.37. The highest BCUT2D eigenvalue weighted by molar-refractivity contribution is 5.37. The predicted octanol–water partition coefficient (Wildman–Crippen LogP) is 1.51. The van der Waals surface area contributed by atoms with Gasteiger partial charge in [-0.3, -0.25) is 9.88 Å². The Balaban J connectivity index is 1.87. The first-order chi connectivity index (χ1) is 9.83. The number of piperazine rings is 1. The number of rotatable bonds is 7. The van der Waals surface area contributed by atoms with Crippen LogP contribution in [-0.4, -0.2) is 54.1 Å². The monoisotopic (exact) mass is 277 g/mol. The third-order valence-corrected chi connectivity index (χ3v) is 3.64. The van der Waals surface area contributed by atoms with E-state index in [4.69, 9.17) is 4.98 Å². The average Bonchev–Trinajstić information content (AvgIpc) is 2.49. The van der Waals surface area contributed by atoms with Crippen LogP contribution in [0.3, 0.4) is 0 Å². The van der Waals surface area contributed by atoms with Crippen LogP contribution in [0, 0.1) is 0 Å². The van der Waals surface area contributed by atoms with Gasteiger partial charge in [0.15, 0.2) is 0 Å². The van der Waals surface area contributed by atoms with Gasteiger partial charge in [0.1, 0.15) is 5.82 Å². The second kappa shape index (κ2) is 8.17. The minimum absolute atomic E-state index is 0.810. The van der Waals surface area contributed by atoms with Gasteiger partial charge >= 0.3 is 0 Å². The first-order valence-corrected chi connectivity index (χ1v) is 7.82. The van der Waals surface area contributed by atoms with E-state index in [-0.39, 0.29) is 0 Å². The molecule has 0 aliphatic carbocycles. The van der Waals surface area contributed by atoms with Crippen molar-refractivity contribution in [3.63, 3.8) is 0 Å². The Morgan fingerprint density at radius 3 is 2.60 bits per heavy atom. The van der Waals surface area contributed by atoms with Crippen molar-refractivity contribution in [2.45, 2.75) is 33.2 Å². The van der Waals surface area contributed by atoms with Crippen LogP contribution in [0.15, 0.2) is 12.4 Å². The molecule has 5 heteroatoms. The van der Waals surface area contributed by atoms with Crippen LogP contribution >= 0.6 is 0 Å². The van der Waals surface area contributed by atoms with Gasteiger partial charge in [-0.05, 0) is 25.9 Å². The van der Waals surface area contributed by atoms with Crippen molar-refractivity contribution in [1.82, 2.24) is 20.2 Å². The van der Waals surface area contributed by atoms with E-state index in [2.05, 4.69) is 33.9 Å². The summed E-state index contributed by atoms with van der Waals surface area (Å²) in [6, 6.07) is 0. The highest BCUT2D eigenvalue weighted by Gasteiger charge is 2.17. The fourth-order valence-corrected chi connectivity index (χ4v) is 2.54. The SMILES string of the molecule is CCCNCc1cncc(N2CCN(CCC)CC2)n1. The summed E-state index contributed by atoms with van der Waals surface area (Å²) in [5.41, 5.74) is 1.03. The van der Waals surface area contributed by atoms with Crippen molar-refractivity contribution in [3.8, 4) is 0 Å². The number of nitrogens with zero attached hydrogens (tertiary/aromatic N) is 4. The van der Waals surface area contributed by atoms with Crippen molar-refractivity contribution in [1.29, 1.82) is 0 Å². The van der Waals surface area contributed by atoms with E-state index < -0.39 is 0 Å². The van der Waals surface area contributed by atoms with Crippen LogP contribution in [-0.2, 0) is 6.54 Å². The zero-order chi connectivity index (χ0) is 14.2. The van der Waals surface area contributed by atoms with E-state index in [0.29, 0.717) is 0 Å². The molecule has 1 saturated heterocycles. The molecule has 1 aromatic rings. The maximum atomic E-state index is 4.72. The van der Waals surface area contributed by atoms with Crippen molar-refractivity contribution in [2.75, 3.05) is 44.2 Å². The molecule has 1 aromatic heterocycles. The first kappa shape index (κ1) is 15.2. The molecule has 0 saturated carbocycles. The molecule has 2 heterocycles. The van der Waals surface area contributed by atoms with E-state index in [1.54, 1.807) is 0 Å². The van der Waals surface area contributed by atoms with Gasteiger partial charge in [-0.15, -0.1) is 0 Å². The van der Waals surface area contributed by atoms with Crippen molar-refractivity contribution < 1.29 is 0 Å². The van der Waals surface area contributed by atoms with Crippen LogP contribution in [0.5, 0.6) is 0 Å². The molecule has 0 radical (unpaired) electrons. The second-order valence-electron chi connectivity index (χ2n) is 5.37. The highest BCUT2D eigenvalue weighted by Crippen LogP contribution is 2.13. The maximum absolute atomic E-state index is 4.72. The van der Waals surface area contributed by atoms with Crippen molar-refractivity contribution in [2.24, 2.45) is 0 Å². The summed E-state index contributed by atoms with van der Waals surface area (Å²) < 4.78 is 0. The van der Waals surface area contributed by atoms with Gasteiger partial charge in [-0.1, -0.05) is 13.8 Å². The molecule has 1 N–H and O–H groups in total. The molecule has 112 valence electrons. The topological polar surface area (TPSA) is 44.3 Å². The molecule has 2 rings (SSSR count). The number of aromatic nitrogens is 2. The molecule has 0 aromatic carbocycles. The lowest BCUT2D eigenvalue weighted by molar-refractivity contribution is 0.258. The first-order valence-electron chi connectivity index (χ1n) is 7.82. The van der Waals surface area contributed by atoms with E-state index in [1.807, 2.05) is 12.4 Å². The Morgan fingerprint density at radius 2 is 1.90 bits per heavy atom. The molecule has 1 fully saturated rings. The van der Waals surface area contributed by atoms with Crippen LogP contribution in [0.25, 0.3) is 0 Å². The van der Waals surface area contributed by atoms with Gasteiger partial charge in [0.2, 0.25) is 0 Å². The summed E-state index contributed by atoms with van der Waals surface area (Å²) in [6.07, 6.45) is 6.13. The summed E-state index contributed by atoms with van der Waals surface area (Å²) in [6.45, 7) is 11.8. The number of anilines is 1. The van der Waals surface area contributed by atoms with Gasteiger partial charge in [0.25, 0.3) is 0 Å². The lowest BCUT2D eigenvalue weighted by Crippen LogP contribution is -2.46. The standard InChI is InChI=1S/C15H27N5/c1-3-5-16-11-14-12-17-13-15(18-14)20-9-7-19(6-4-2)8-10-20/h12-13,16H,3-11H2,1-2H3. The van der Waals surface area contributed by atoms with Crippen LogP contribution in [0.2, 0.25) is 0 Å². The number of nitrogens with one attached hydrogen (secondary N) is 1. The fourth-order valence-electron chi connectivity index (χ4n) is 2.54. The van der Waals surface area contributed by atoms with Crippen LogP contribution in [0.1, 0.15) is 32.4 Å². The molecule has 0 spiro atoms. The van der Waals surface area contributed by atoms with Gasteiger partial charge in [-0.2, -0.15) is 0 Å². The Hall–Kier alpha value is -1.20. The quantitative estimate of drug-likeness (QED) is 0.765. The summed E-state index contributed by atoms with van der Waals surface area (Å²) in [7, 11) is 0. The minimum Gasteiger partial charge on any atom is -0.353 e. The molecule has 1 aliphatic heterocycles. The zero-order valence-electron chi connectivity index (χ0n) is 12.8. The Kier molecular flexibility index (Phi) is 6.21. The summed E-state index contributed by atoms with van der Waals surface area (Å²) in [5.74, 6) is 1.02. The smallest absolute Gasteiger partial charge is 0.147 e. The Bertz CT molecular complexity index is 388. The zero-order valence-corrected chi connectivity index (χ0v) is 12.8. The van der Waals surface area contributed by atoms with E-state index in [1.165, 1.54) is 13.0 Å². The maximum Gasteiger partial charge on any atom is 0.147 e. The predicted molar refractivity (Wildman–Crippen MR) is 83.0 cm³/mol. The van der Waals surface area contributed by atoms with E-state index in [0.717, 1.165) is 57.2 Å². The molecular formula is C15H27N5. The third kappa shape index (κ3) is 4.42. The van der Waals surface area contributed by atoms with Crippen molar-refractivity contribution >= 4 is 5.82 Å². The van der Waals surface area contributed by atoms with E-state index >= 15 is 0 Å². The summed E-state index contributed by atoms with van der Waals surface area (Å²) in [5, 5.41) is 3.38. The van der Waals surface area contributed by atoms with Gasteiger partial charge in [0.05, 0.1) is 11.9 Å². The van der Waals surface area contributed by atoms with Gasteiger partial charge < -0.3 is 10.2 Å². The van der Waals surface area contributed by atoms with Gasteiger partial charge in [-0.25, -0.2) is 4.98 Å². The fraction of sp³-hybridized carbons (Fsp3) is 0.733. The lowest BCUT2D eigenvalue weighted by Gasteiger charge is -2.35. The Labute approximate surface area is 122 Å². The molecular weight excluding hydrogens is 250 g/mol. The Morgan fingerprint density at radius 1 is 1.10 bits per heavy atom. The molecule has 5 nitrogen and oxygen atoms in total. The summed E-state index contributed by atoms with van der Waals surface area (Å²) in [4.78, 5) is 13.9. The number of hydrogen-bond acceptors (Lipinski definition) is 5. The molecule has 1 aliphatic rings. The summed E-state index contributed by atoms with van der Waals surface area (Å²) >= 11 is 0. The molecule has 20 heavy (non-hydrogen) atoms. The third-order valence-electron chi connectivity index (χ3n) is 3.64.